The van der Waals surface area contributed by atoms with Gasteiger partial charge in [-0.1, -0.05) is 49.0 Å². The van der Waals surface area contributed by atoms with E-state index in [0.29, 0.717) is 17.9 Å². The fraction of sp³-hybridized carbons (Fsp3) is 0.294. The molecule has 1 aromatic heterocycles. The molecular formula is C17H20N2O2S. The van der Waals surface area contributed by atoms with E-state index in [1.165, 1.54) is 9.36 Å². The van der Waals surface area contributed by atoms with Crippen molar-refractivity contribution in [2.45, 2.75) is 26.8 Å². The molecule has 5 heteroatoms. The highest BCUT2D eigenvalue weighted by molar-refractivity contribution is 8.13. The lowest BCUT2D eigenvalue weighted by atomic mass is 10.0. The summed E-state index contributed by atoms with van der Waals surface area (Å²) in [6.45, 7) is 8.08. The van der Waals surface area contributed by atoms with Crippen LogP contribution in [0.3, 0.4) is 0 Å². The third-order valence-corrected chi connectivity index (χ3v) is 4.20. The van der Waals surface area contributed by atoms with Gasteiger partial charge in [0.15, 0.2) is 0 Å². The van der Waals surface area contributed by atoms with Gasteiger partial charge < -0.3 is 0 Å². The number of rotatable bonds is 5. The predicted octanol–water partition coefficient (Wildman–Crippen LogP) is 3.92. The lowest BCUT2D eigenvalue weighted by molar-refractivity contribution is 0.255. The molecule has 1 heterocycles. The van der Waals surface area contributed by atoms with Gasteiger partial charge in [0.25, 0.3) is 5.56 Å². The Morgan fingerprint density at radius 3 is 2.68 bits per heavy atom. The molecule has 0 radical (unpaired) electrons. The number of carbonyl (C=O) groups excluding carboxylic acids is 1. The van der Waals surface area contributed by atoms with Crippen LogP contribution in [-0.4, -0.2) is 20.4 Å². The summed E-state index contributed by atoms with van der Waals surface area (Å²) in [4.78, 5) is 25.0. The van der Waals surface area contributed by atoms with Crippen LogP contribution in [0.2, 0.25) is 0 Å². The number of thioether (sulfide) groups is 1. The van der Waals surface area contributed by atoms with Crippen molar-refractivity contribution in [2.75, 3.05) is 5.75 Å². The van der Waals surface area contributed by atoms with Crippen LogP contribution in [0.5, 0.6) is 0 Å². The van der Waals surface area contributed by atoms with Crippen LogP contribution < -0.4 is 5.56 Å². The molecule has 0 aliphatic carbocycles. The summed E-state index contributed by atoms with van der Waals surface area (Å²) in [5.74, 6) is 0.525. The van der Waals surface area contributed by atoms with Crippen LogP contribution in [0.1, 0.15) is 18.9 Å². The van der Waals surface area contributed by atoms with Gasteiger partial charge in [0.1, 0.15) is 0 Å². The topological polar surface area (TPSA) is 44.0 Å². The van der Waals surface area contributed by atoms with E-state index in [1.54, 1.807) is 12.3 Å². The minimum absolute atomic E-state index is 0.122. The smallest absolute Gasteiger partial charge is 0.267 e. The Bertz CT molecular complexity index is 743. The van der Waals surface area contributed by atoms with E-state index in [2.05, 4.69) is 6.58 Å². The number of nitrogens with zero attached hydrogens (tertiary/aromatic N) is 2. The fourth-order valence-corrected chi connectivity index (χ4v) is 2.86. The van der Waals surface area contributed by atoms with Crippen molar-refractivity contribution in [3.63, 3.8) is 0 Å². The predicted molar refractivity (Wildman–Crippen MR) is 92.6 cm³/mol. The standard InChI is InChI=1S/C17H20N2O2S/c1-4-10-18-16(20)15(14-9-7-6-8-13(14)3)12-19(18)17(21)22-11-5-2/h5-9,12H,2,4,10-11H2,1,3H3. The van der Waals surface area contributed by atoms with E-state index in [4.69, 9.17) is 0 Å². The molecule has 0 amide bonds. The van der Waals surface area contributed by atoms with Crippen LogP contribution in [-0.2, 0) is 6.54 Å². The second kappa shape index (κ2) is 7.31. The molecule has 4 nitrogen and oxygen atoms in total. The van der Waals surface area contributed by atoms with Crippen molar-refractivity contribution in [2.24, 2.45) is 0 Å². The van der Waals surface area contributed by atoms with Crippen molar-refractivity contribution in [1.82, 2.24) is 9.36 Å². The second-order valence-electron chi connectivity index (χ2n) is 5.00. The first-order valence-corrected chi connectivity index (χ1v) is 8.25. The quantitative estimate of drug-likeness (QED) is 0.785. The summed E-state index contributed by atoms with van der Waals surface area (Å²) < 4.78 is 2.95. The minimum atomic E-state index is -0.162. The SMILES string of the molecule is C=CCSC(=O)n1cc(-c2ccccc2C)c(=O)n1CCC. The van der Waals surface area contributed by atoms with Crippen LogP contribution in [0.4, 0.5) is 4.79 Å². The van der Waals surface area contributed by atoms with Crippen molar-refractivity contribution < 1.29 is 4.79 Å². The van der Waals surface area contributed by atoms with Crippen molar-refractivity contribution >= 4 is 17.0 Å². The molecule has 0 aliphatic rings. The molecule has 116 valence electrons. The zero-order valence-corrected chi connectivity index (χ0v) is 13.7. The number of benzene rings is 1. The largest absolute Gasteiger partial charge is 0.304 e. The number of carbonyl (C=O) groups is 1. The van der Waals surface area contributed by atoms with Gasteiger partial charge in [-0.2, -0.15) is 0 Å². The molecule has 0 saturated heterocycles. The van der Waals surface area contributed by atoms with Gasteiger partial charge in [-0.05, 0) is 24.5 Å². The average molecular weight is 316 g/mol. The molecule has 0 N–H and O–H groups in total. The molecule has 0 fully saturated rings. The number of aryl methyl sites for hydroxylation is 1. The van der Waals surface area contributed by atoms with Gasteiger partial charge in [0.2, 0.25) is 0 Å². The van der Waals surface area contributed by atoms with Gasteiger partial charge >= 0.3 is 5.24 Å². The summed E-state index contributed by atoms with van der Waals surface area (Å²) in [5, 5.41) is -0.162. The molecule has 0 saturated carbocycles. The maximum atomic E-state index is 12.7. The summed E-state index contributed by atoms with van der Waals surface area (Å²) in [6, 6.07) is 7.71. The summed E-state index contributed by atoms with van der Waals surface area (Å²) in [6.07, 6.45) is 4.12. The minimum Gasteiger partial charge on any atom is -0.267 e. The number of aromatic nitrogens is 2. The Labute approximate surface area is 134 Å². The molecule has 2 aromatic rings. The van der Waals surface area contributed by atoms with E-state index >= 15 is 0 Å². The lowest BCUT2D eigenvalue weighted by Gasteiger charge is -2.07. The Morgan fingerprint density at radius 1 is 1.32 bits per heavy atom. The van der Waals surface area contributed by atoms with E-state index in [9.17, 15) is 9.59 Å². The lowest BCUT2D eigenvalue weighted by Crippen LogP contribution is -2.26. The molecule has 0 bridgehead atoms. The normalized spacial score (nSPS) is 10.6. The van der Waals surface area contributed by atoms with Crippen molar-refractivity contribution in [3.05, 3.63) is 59.0 Å². The van der Waals surface area contributed by atoms with E-state index in [1.807, 2.05) is 38.1 Å². The molecule has 22 heavy (non-hydrogen) atoms. The van der Waals surface area contributed by atoms with Gasteiger partial charge in [0.05, 0.1) is 5.56 Å². The molecule has 1 aromatic carbocycles. The van der Waals surface area contributed by atoms with Crippen molar-refractivity contribution in [1.29, 1.82) is 0 Å². The Balaban J connectivity index is 2.54. The van der Waals surface area contributed by atoms with E-state index in [0.717, 1.165) is 29.3 Å². The van der Waals surface area contributed by atoms with Crippen LogP contribution in [0, 0.1) is 6.92 Å². The first-order chi connectivity index (χ1) is 10.6. The zero-order valence-electron chi connectivity index (χ0n) is 12.9. The van der Waals surface area contributed by atoms with E-state index in [-0.39, 0.29) is 10.8 Å². The zero-order chi connectivity index (χ0) is 16.1. The third kappa shape index (κ3) is 3.25. The Kier molecular flexibility index (Phi) is 5.44. The van der Waals surface area contributed by atoms with Gasteiger partial charge in [-0.25, -0.2) is 9.36 Å². The van der Waals surface area contributed by atoms with Crippen LogP contribution in [0.15, 0.2) is 47.9 Å². The molecule has 0 atom stereocenters. The molecular weight excluding hydrogens is 296 g/mol. The van der Waals surface area contributed by atoms with E-state index < -0.39 is 0 Å². The van der Waals surface area contributed by atoms with Crippen molar-refractivity contribution in [3.8, 4) is 11.1 Å². The first kappa shape index (κ1) is 16.4. The second-order valence-corrected chi connectivity index (χ2v) is 5.97. The maximum absolute atomic E-state index is 12.7. The molecule has 0 aliphatic heterocycles. The average Bonchev–Trinajstić information content (AvgIpc) is 2.83. The number of hydrogen-bond acceptors (Lipinski definition) is 3. The maximum Gasteiger partial charge on any atom is 0.304 e. The van der Waals surface area contributed by atoms with Gasteiger partial charge in [-0.3, -0.25) is 9.59 Å². The van der Waals surface area contributed by atoms with Crippen LogP contribution >= 0.6 is 11.8 Å². The highest BCUT2D eigenvalue weighted by atomic mass is 32.2. The Hall–Kier alpha value is -2.01. The number of hydrogen-bond donors (Lipinski definition) is 0. The highest BCUT2D eigenvalue weighted by Gasteiger charge is 2.17. The highest BCUT2D eigenvalue weighted by Crippen LogP contribution is 2.21. The molecule has 2 rings (SSSR count). The summed E-state index contributed by atoms with van der Waals surface area (Å²) >= 11 is 1.14. The molecule has 0 unspecified atom stereocenters. The Morgan fingerprint density at radius 2 is 2.05 bits per heavy atom. The fourth-order valence-electron chi connectivity index (χ4n) is 2.31. The summed E-state index contributed by atoms with van der Waals surface area (Å²) in [5.41, 5.74) is 2.34. The first-order valence-electron chi connectivity index (χ1n) is 7.26. The molecule has 0 spiro atoms. The summed E-state index contributed by atoms with van der Waals surface area (Å²) in [7, 11) is 0. The van der Waals surface area contributed by atoms with Crippen LogP contribution in [0.25, 0.3) is 11.1 Å². The third-order valence-electron chi connectivity index (χ3n) is 3.36. The van der Waals surface area contributed by atoms with Gasteiger partial charge in [-0.15, -0.1) is 6.58 Å². The monoisotopic (exact) mass is 316 g/mol. The van der Waals surface area contributed by atoms with Gasteiger partial charge in [0, 0.05) is 18.5 Å².